The van der Waals surface area contributed by atoms with E-state index in [0.29, 0.717) is 12.0 Å². The summed E-state index contributed by atoms with van der Waals surface area (Å²) in [5.74, 6) is 0.453. The van der Waals surface area contributed by atoms with Gasteiger partial charge < -0.3 is 0 Å². The molecule has 0 unspecified atom stereocenters. The van der Waals surface area contributed by atoms with Crippen molar-refractivity contribution in [3.8, 4) is 11.3 Å². The van der Waals surface area contributed by atoms with Crippen molar-refractivity contribution in [1.29, 1.82) is 0 Å². The number of rotatable bonds is 3. The Morgan fingerprint density at radius 1 is 0.733 bits per heavy atom. The van der Waals surface area contributed by atoms with Gasteiger partial charge in [-0.1, -0.05) is 80.6 Å². The summed E-state index contributed by atoms with van der Waals surface area (Å²) in [6.07, 6.45) is 0. The van der Waals surface area contributed by atoms with Crippen LogP contribution in [0.25, 0.3) is 38.6 Å². The molecule has 0 bridgehead atoms. The number of benzene rings is 3. The Morgan fingerprint density at radius 3 is 2.10 bits per heavy atom. The molecule has 0 fully saturated rings. The molecule has 5 rings (SSSR count). The Morgan fingerprint density at radius 2 is 1.40 bits per heavy atom. The van der Waals surface area contributed by atoms with Crippen LogP contribution in [0.4, 0.5) is 0 Å². The van der Waals surface area contributed by atoms with Crippen molar-refractivity contribution >= 4 is 27.3 Å². The van der Waals surface area contributed by atoms with Gasteiger partial charge >= 0.3 is 0 Å². The van der Waals surface area contributed by atoms with E-state index in [1.165, 1.54) is 49.8 Å². The van der Waals surface area contributed by atoms with E-state index in [2.05, 4.69) is 116 Å². The van der Waals surface area contributed by atoms with Gasteiger partial charge in [0.2, 0.25) is 0 Å². The fraction of sp³-hybridized carbons (Fsp3) is 0.250. The van der Waals surface area contributed by atoms with Gasteiger partial charge in [0, 0.05) is 23.3 Å². The van der Waals surface area contributed by atoms with Crippen LogP contribution in [0.5, 0.6) is 0 Å². The molecule has 0 saturated carbocycles. The van der Waals surface area contributed by atoms with E-state index < -0.39 is 0 Å². The summed E-state index contributed by atoms with van der Waals surface area (Å²) >= 11 is 0. The maximum Gasteiger partial charge on any atom is 0.295 e. The molecular weight excluding hydrogens is 364 g/mol. The van der Waals surface area contributed by atoms with Gasteiger partial charge in [-0.05, 0) is 31.4 Å². The number of para-hydroxylation sites is 1. The lowest BCUT2D eigenvalue weighted by Gasteiger charge is -2.13. The lowest BCUT2D eigenvalue weighted by atomic mass is 9.94. The molecule has 0 amide bonds. The van der Waals surface area contributed by atoms with Crippen molar-refractivity contribution in [2.75, 3.05) is 0 Å². The first-order valence-corrected chi connectivity index (χ1v) is 11.0. The van der Waals surface area contributed by atoms with E-state index in [1.54, 1.807) is 0 Å². The van der Waals surface area contributed by atoms with Gasteiger partial charge in [-0.15, -0.1) is 0 Å². The van der Waals surface area contributed by atoms with Crippen LogP contribution in [0.15, 0.2) is 72.8 Å². The first kappa shape index (κ1) is 18.9. The predicted octanol–water partition coefficient (Wildman–Crippen LogP) is 7.21. The zero-order valence-electron chi connectivity index (χ0n) is 18.5. The van der Waals surface area contributed by atoms with Crippen LogP contribution in [0, 0.1) is 6.92 Å². The normalized spacial score (nSPS) is 12.1. The molecule has 2 nitrogen and oxygen atoms in total. The molecule has 0 aliphatic rings. The summed E-state index contributed by atoms with van der Waals surface area (Å²) in [7, 11) is 0. The van der Waals surface area contributed by atoms with Gasteiger partial charge in [-0.3, -0.25) is 0 Å². The third kappa shape index (κ3) is 2.60. The minimum Gasteiger partial charge on any atom is -0.224 e. The van der Waals surface area contributed by atoms with Crippen LogP contribution >= 0.6 is 0 Å². The molecule has 2 heterocycles. The summed E-state index contributed by atoms with van der Waals surface area (Å²) in [6.45, 7) is 11.5. The highest BCUT2D eigenvalue weighted by atomic mass is 15.2. The van der Waals surface area contributed by atoms with E-state index >= 15 is 0 Å². The number of aromatic nitrogens is 2. The van der Waals surface area contributed by atoms with Gasteiger partial charge in [0.1, 0.15) is 11.2 Å². The largest absolute Gasteiger partial charge is 0.295 e. The minimum atomic E-state index is 0.363. The highest BCUT2D eigenvalue weighted by Gasteiger charge is 2.31. The number of nitrogens with zero attached hydrogens (tertiary/aromatic N) is 2. The molecule has 0 saturated heterocycles. The third-order valence-corrected chi connectivity index (χ3v) is 6.31. The van der Waals surface area contributed by atoms with Crippen molar-refractivity contribution in [2.45, 2.75) is 46.6 Å². The standard InChI is InChI=1S/C28H29N2/c1-18(2)22-15-11-16-24-23-14-9-10-17-25(23)30-27(21-12-7-6-8-13-21)20(5)29(19(3)4)28(30)26(22)24/h6-19H,1-5H3/q+1. The van der Waals surface area contributed by atoms with Crippen LogP contribution in [-0.2, 0) is 0 Å². The van der Waals surface area contributed by atoms with Gasteiger partial charge in [0.15, 0.2) is 5.69 Å². The summed E-state index contributed by atoms with van der Waals surface area (Å²) < 4.78 is 5.04. The molecule has 0 spiro atoms. The topological polar surface area (TPSA) is 9.03 Å². The van der Waals surface area contributed by atoms with Gasteiger partial charge in [-0.25, -0.2) is 4.57 Å². The Labute approximate surface area is 178 Å². The number of fused-ring (bicyclic) bond motifs is 6. The summed E-state index contributed by atoms with van der Waals surface area (Å²) in [5.41, 5.74) is 7.84. The van der Waals surface area contributed by atoms with E-state index in [0.717, 1.165) is 0 Å². The monoisotopic (exact) mass is 393 g/mol. The van der Waals surface area contributed by atoms with Gasteiger partial charge in [0.25, 0.3) is 5.65 Å². The van der Waals surface area contributed by atoms with Crippen molar-refractivity contribution in [3.63, 3.8) is 0 Å². The fourth-order valence-electron chi connectivity index (χ4n) is 5.10. The molecule has 0 aliphatic heterocycles. The van der Waals surface area contributed by atoms with Crippen molar-refractivity contribution in [1.82, 2.24) is 4.57 Å². The molecule has 0 N–H and O–H groups in total. The van der Waals surface area contributed by atoms with Crippen molar-refractivity contribution < 1.29 is 4.40 Å². The van der Waals surface area contributed by atoms with Gasteiger partial charge in [-0.2, -0.15) is 4.40 Å². The fourth-order valence-corrected chi connectivity index (χ4v) is 5.10. The molecule has 0 radical (unpaired) electrons. The molecule has 0 atom stereocenters. The second-order valence-corrected chi connectivity index (χ2v) is 8.86. The summed E-state index contributed by atoms with van der Waals surface area (Å²) in [6, 6.07) is 26.8. The van der Waals surface area contributed by atoms with Crippen LogP contribution in [0.2, 0.25) is 0 Å². The quantitative estimate of drug-likeness (QED) is 0.226. The van der Waals surface area contributed by atoms with Crippen LogP contribution < -0.4 is 4.40 Å². The SMILES string of the molecule is Cc1c(-c2ccccc2)[n+]2c3ccccc3c3cccc(C(C)C)c3c2n1C(C)C. The summed E-state index contributed by atoms with van der Waals surface area (Å²) in [4.78, 5) is 0. The molecule has 3 aromatic carbocycles. The second-order valence-electron chi connectivity index (χ2n) is 8.86. The Hall–Kier alpha value is -3.13. The average molecular weight is 394 g/mol. The van der Waals surface area contributed by atoms with E-state index in [1.807, 2.05) is 0 Å². The van der Waals surface area contributed by atoms with E-state index in [4.69, 9.17) is 0 Å². The Balaban J connectivity index is 2.17. The zero-order valence-corrected chi connectivity index (χ0v) is 18.5. The molecule has 0 aliphatic carbocycles. The molecule has 150 valence electrons. The van der Waals surface area contributed by atoms with Crippen molar-refractivity contribution in [3.05, 3.63) is 84.1 Å². The molecule has 5 aromatic rings. The highest BCUT2D eigenvalue weighted by Crippen LogP contribution is 2.36. The number of imidazole rings is 1. The number of hydrogen-bond acceptors (Lipinski definition) is 0. The Bertz CT molecular complexity index is 1390. The Kier molecular flexibility index (Phi) is 4.39. The van der Waals surface area contributed by atoms with Crippen LogP contribution in [0.1, 0.15) is 50.9 Å². The minimum absolute atomic E-state index is 0.363. The van der Waals surface area contributed by atoms with E-state index in [9.17, 15) is 0 Å². The third-order valence-electron chi connectivity index (χ3n) is 6.31. The van der Waals surface area contributed by atoms with Crippen molar-refractivity contribution in [2.24, 2.45) is 0 Å². The zero-order chi connectivity index (χ0) is 21.0. The summed E-state index contributed by atoms with van der Waals surface area (Å²) in [5, 5.41) is 4.03. The molecular formula is C28H29N2+. The first-order chi connectivity index (χ1) is 14.5. The maximum absolute atomic E-state index is 2.53. The number of pyridine rings is 1. The predicted molar refractivity (Wildman–Crippen MR) is 127 cm³/mol. The average Bonchev–Trinajstić information content (AvgIpc) is 3.07. The lowest BCUT2D eigenvalue weighted by Crippen LogP contribution is -2.25. The van der Waals surface area contributed by atoms with Crippen LogP contribution in [-0.4, -0.2) is 4.57 Å². The maximum atomic E-state index is 2.53. The number of hydrogen-bond donors (Lipinski definition) is 0. The molecule has 2 aromatic heterocycles. The van der Waals surface area contributed by atoms with E-state index in [-0.39, 0.29) is 0 Å². The van der Waals surface area contributed by atoms with Crippen LogP contribution in [0.3, 0.4) is 0 Å². The lowest BCUT2D eigenvalue weighted by molar-refractivity contribution is -0.467. The molecule has 2 heteroatoms. The first-order valence-electron chi connectivity index (χ1n) is 11.0. The second kappa shape index (κ2) is 6.98. The highest BCUT2D eigenvalue weighted by molar-refractivity contribution is 6.11. The van der Waals surface area contributed by atoms with Gasteiger partial charge in [0.05, 0.1) is 11.4 Å². The molecule has 30 heavy (non-hydrogen) atoms. The smallest absolute Gasteiger partial charge is 0.224 e.